The molecular formula is C69H68N2. The van der Waals surface area contributed by atoms with Crippen molar-refractivity contribution in [1.82, 2.24) is 0 Å². The summed E-state index contributed by atoms with van der Waals surface area (Å²) >= 11 is 0. The summed E-state index contributed by atoms with van der Waals surface area (Å²) in [5, 5.41) is 0. The molecule has 0 saturated heterocycles. The van der Waals surface area contributed by atoms with Gasteiger partial charge in [0, 0.05) is 33.6 Å². The van der Waals surface area contributed by atoms with E-state index < -0.39 is 5.41 Å². The highest BCUT2D eigenvalue weighted by Crippen LogP contribution is 2.65. The first-order valence-corrected chi connectivity index (χ1v) is 27.0. The molecule has 5 aliphatic rings. The minimum Gasteiger partial charge on any atom is -0.334 e. The quantitative estimate of drug-likeness (QED) is 0.150. The molecule has 6 atom stereocenters. The molecular weight excluding hydrogens is 857 g/mol. The second kappa shape index (κ2) is 16.2. The largest absolute Gasteiger partial charge is 0.334 e. The molecule has 2 aliphatic heterocycles. The van der Waals surface area contributed by atoms with Crippen molar-refractivity contribution < 1.29 is 0 Å². The monoisotopic (exact) mass is 925 g/mol. The van der Waals surface area contributed by atoms with Gasteiger partial charge < -0.3 is 9.80 Å². The number of rotatable bonds is 8. The summed E-state index contributed by atoms with van der Waals surface area (Å²) in [6.07, 6.45) is 9.81. The fourth-order valence-electron chi connectivity index (χ4n) is 15.6. The average Bonchev–Trinajstić information content (AvgIpc) is 3.91. The minimum atomic E-state index is -0.536. The smallest absolute Gasteiger partial charge is 0.0713 e. The molecule has 13 rings (SSSR count). The number of hydrogen-bond donors (Lipinski definition) is 0. The van der Waals surface area contributed by atoms with Crippen molar-refractivity contribution >= 4 is 22.7 Å². The third kappa shape index (κ3) is 6.12. The first-order chi connectivity index (χ1) is 34.6. The molecule has 0 radical (unpaired) electrons. The summed E-state index contributed by atoms with van der Waals surface area (Å²) in [6, 6.07) is 74.9. The molecule has 71 heavy (non-hydrogen) atoms. The Balaban J connectivity index is 0.981. The Labute approximate surface area is 423 Å². The van der Waals surface area contributed by atoms with Crippen LogP contribution in [0, 0.1) is 11.8 Å². The van der Waals surface area contributed by atoms with Gasteiger partial charge in [-0.1, -0.05) is 174 Å². The van der Waals surface area contributed by atoms with Gasteiger partial charge in [0.15, 0.2) is 0 Å². The highest BCUT2D eigenvalue weighted by Gasteiger charge is 2.60. The van der Waals surface area contributed by atoms with E-state index in [0.29, 0.717) is 0 Å². The summed E-state index contributed by atoms with van der Waals surface area (Å²) in [6.45, 7) is 15.1. The van der Waals surface area contributed by atoms with Gasteiger partial charge >= 0.3 is 0 Å². The third-order valence-electron chi connectivity index (χ3n) is 19.9. The van der Waals surface area contributed by atoms with Gasteiger partial charge in [0.25, 0.3) is 0 Å². The highest BCUT2D eigenvalue weighted by molar-refractivity contribution is 5.91. The zero-order chi connectivity index (χ0) is 48.3. The van der Waals surface area contributed by atoms with Gasteiger partial charge in [-0.3, -0.25) is 0 Å². The van der Waals surface area contributed by atoms with E-state index >= 15 is 0 Å². The summed E-state index contributed by atoms with van der Waals surface area (Å²) in [7, 11) is 0. The molecule has 0 amide bonds. The molecule has 354 valence electrons. The van der Waals surface area contributed by atoms with Gasteiger partial charge in [0.1, 0.15) is 0 Å². The van der Waals surface area contributed by atoms with Crippen LogP contribution in [0.15, 0.2) is 194 Å². The zero-order valence-electron chi connectivity index (χ0n) is 42.7. The lowest BCUT2D eigenvalue weighted by atomic mass is 9.58. The lowest BCUT2D eigenvalue weighted by Crippen LogP contribution is -2.56. The van der Waals surface area contributed by atoms with Crippen molar-refractivity contribution in [2.45, 2.75) is 120 Å². The van der Waals surface area contributed by atoms with Gasteiger partial charge in [0.2, 0.25) is 0 Å². The van der Waals surface area contributed by atoms with Crippen molar-refractivity contribution in [3.63, 3.8) is 0 Å². The first kappa shape index (κ1) is 44.3. The van der Waals surface area contributed by atoms with Gasteiger partial charge in [0.05, 0.1) is 16.5 Å². The molecule has 2 heterocycles. The Morgan fingerprint density at radius 1 is 0.394 bits per heavy atom. The van der Waals surface area contributed by atoms with Crippen molar-refractivity contribution in [1.29, 1.82) is 0 Å². The van der Waals surface area contributed by atoms with Gasteiger partial charge in [-0.25, -0.2) is 0 Å². The predicted molar refractivity (Wildman–Crippen MR) is 299 cm³/mol. The van der Waals surface area contributed by atoms with E-state index in [4.69, 9.17) is 0 Å². The first-order valence-electron chi connectivity index (χ1n) is 27.0. The highest BCUT2D eigenvalue weighted by atomic mass is 15.3. The standard InChI is InChI=1S/C69H68N2/c1-7-47-37-39-67(5)65(3,45-47)61-43-51(31-35-63(61)70(67)55-25-17-11-18-26-55)49-29-33-57-58-34-30-50(42-60(58)69(59(57)41-49,53-21-13-9-14-22-53)54-23-15-10-16-24-54)52-32-36-64-62(44-52)66(4)46-48(8-2)38-40-68(66,6)71(64)56-27-19-12-20-28-56/h9-36,41-44,47-48H,7-8,37-40,45-46H2,1-6H3. The van der Waals surface area contributed by atoms with E-state index in [-0.39, 0.29) is 21.9 Å². The molecule has 8 aromatic carbocycles. The number of fused-ring (bicyclic) bond motifs is 9. The molecule has 6 unspecified atom stereocenters. The van der Waals surface area contributed by atoms with Crippen LogP contribution in [0.3, 0.4) is 0 Å². The summed E-state index contributed by atoms with van der Waals surface area (Å²) in [5.74, 6) is 1.46. The van der Waals surface area contributed by atoms with Crippen molar-refractivity contribution in [3.05, 3.63) is 228 Å². The van der Waals surface area contributed by atoms with E-state index in [9.17, 15) is 0 Å². The average molecular weight is 925 g/mol. The van der Waals surface area contributed by atoms with Crippen LogP contribution in [0.25, 0.3) is 33.4 Å². The van der Waals surface area contributed by atoms with Crippen LogP contribution < -0.4 is 9.80 Å². The lowest BCUT2D eigenvalue weighted by Gasteiger charge is -2.52. The van der Waals surface area contributed by atoms with Crippen LogP contribution in [0.2, 0.25) is 0 Å². The molecule has 8 aromatic rings. The SMILES string of the molecule is CCC1CCC2(C)N(c3ccccc3)c3ccc(-c4ccc5c(c4)C(c4ccccc4)(c4ccccc4)c4cc(-c6ccc7c(c6)C6(C)CC(CC)CCC6(C)N7c6ccccc6)ccc4-5)cc3C2(C)C1. The molecule has 2 nitrogen and oxygen atoms in total. The number of benzene rings is 8. The maximum absolute atomic E-state index is 2.71. The molecule has 0 aromatic heterocycles. The molecule has 3 aliphatic carbocycles. The number of nitrogens with zero attached hydrogens (tertiary/aromatic N) is 2. The summed E-state index contributed by atoms with van der Waals surface area (Å²) < 4.78 is 0. The van der Waals surface area contributed by atoms with Crippen LogP contribution in [0.1, 0.15) is 126 Å². The van der Waals surface area contributed by atoms with E-state index in [1.807, 2.05) is 0 Å². The Kier molecular flexibility index (Phi) is 10.1. The van der Waals surface area contributed by atoms with Gasteiger partial charge in [-0.15, -0.1) is 0 Å². The molecule has 2 fully saturated rings. The number of para-hydroxylation sites is 2. The second-order valence-corrected chi connectivity index (χ2v) is 23.1. The van der Waals surface area contributed by atoms with Crippen LogP contribution in [0.4, 0.5) is 22.7 Å². The Bertz CT molecular complexity index is 3100. The molecule has 2 saturated carbocycles. The van der Waals surface area contributed by atoms with Gasteiger partial charge in [-0.2, -0.15) is 0 Å². The van der Waals surface area contributed by atoms with Crippen LogP contribution in [-0.2, 0) is 16.2 Å². The Hall–Kier alpha value is -6.64. The van der Waals surface area contributed by atoms with Crippen LogP contribution >= 0.6 is 0 Å². The predicted octanol–water partition coefficient (Wildman–Crippen LogP) is 18.1. The Morgan fingerprint density at radius 2 is 0.732 bits per heavy atom. The minimum absolute atomic E-state index is 0.0104. The molecule has 0 spiro atoms. The van der Waals surface area contributed by atoms with Crippen molar-refractivity contribution in [2.75, 3.05) is 9.80 Å². The third-order valence-corrected chi connectivity index (χ3v) is 19.9. The molecule has 0 N–H and O–H groups in total. The van der Waals surface area contributed by atoms with Gasteiger partial charge in [-0.05, 0) is 192 Å². The number of anilines is 4. The Morgan fingerprint density at radius 3 is 1.10 bits per heavy atom. The maximum atomic E-state index is 2.71. The van der Waals surface area contributed by atoms with Crippen LogP contribution in [-0.4, -0.2) is 11.1 Å². The van der Waals surface area contributed by atoms with E-state index in [1.54, 1.807) is 0 Å². The van der Waals surface area contributed by atoms with E-state index in [2.05, 4.69) is 245 Å². The fourth-order valence-corrected chi connectivity index (χ4v) is 15.6. The second-order valence-electron chi connectivity index (χ2n) is 23.1. The lowest BCUT2D eigenvalue weighted by molar-refractivity contribution is 0.143. The molecule has 2 heteroatoms. The van der Waals surface area contributed by atoms with E-state index in [0.717, 1.165) is 11.8 Å². The van der Waals surface area contributed by atoms with Crippen molar-refractivity contribution in [3.8, 4) is 33.4 Å². The van der Waals surface area contributed by atoms with E-state index in [1.165, 1.54) is 141 Å². The fraction of sp³-hybridized carbons (Fsp3) is 0.304. The summed E-state index contributed by atoms with van der Waals surface area (Å²) in [4.78, 5) is 5.42. The van der Waals surface area contributed by atoms with Crippen molar-refractivity contribution in [2.24, 2.45) is 11.8 Å². The molecule has 0 bridgehead atoms. The summed E-state index contributed by atoms with van der Waals surface area (Å²) in [5.41, 5.74) is 20.9. The topological polar surface area (TPSA) is 6.48 Å². The number of hydrogen-bond acceptors (Lipinski definition) is 2. The van der Waals surface area contributed by atoms with Crippen LogP contribution in [0.5, 0.6) is 0 Å². The normalized spacial score (nSPS) is 26.5. The maximum Gasteiger partial charge on any atom is 0.0713 e. The zero-order valence-corrected chi connectivity index (χ0v) is 42.7.